The van der Waals surface area contributed by atoms with Crippen molar-refractivity contribution in [3.63, 3.8) is 0 Å². The predicted molar refractivity (Wildman–Crippen MR) is 69.3 cm³/mol. The van der Waals surface area contributed by atoms with Crippen molar-refractivity contribution in [2.45, 2.75) is 19.4 Å². The average Bonchev–Trinajstić information content (AvgIpc) is 2.85. The Hall–Kier alpha value is -1.37. The van der Waals surface area contributed by atoms with Crippen LogP contribution in [-0.2, 0) is 16.0 Å². The number of nitrogens with one attached hydrogen (secondary N) is 1. The third kappa shape index (κ3) is 6.37. The number of carbonyl (C=O) groups is 1. The fraction of sp³-hybridized carbons (Fsp3) is 0.615. The minimum Gasteiger partial charge on any atom is -0.475 e. The van der Waals surface area contributed by atoms with Crippen LogP contribution in [0.1, 0.15) is 29.0 Å². The van der Waals surface area contributed by atoms with Gasteiger partial charge in [-0.05, 0) is 25.5 Å². The second-order valence-electron chi connectivity index (χ2n) is 4.07. The lowest BCUT2D eigenvalue weighted by Gasteiger charge is -2.05. The summed E-state index contributed by atoms with van der Waals surface area (Å²) < 4.78 is 15.1. The Kier molecular flexibility index (Phi) is 7.88. The van der Waals surface area contributed by atoms with Gasteiger partial charge in [0.15, 0.2) is 0 Å². The number of hydrogen-bond donors (Lipinski definition) is 2. The zero-order chi connectivity index (χ0) is 13.9. The van der Waals surface area contributed by atoms with Gasteiger partial charge in [-0.2, -0.15) is 0 Å². The number of unbranched alkanes of at least 4 members (excludes halogenated alkanes) is 1. The maximum absolute atomic E-state index is 10.8. The molecule has 0 aromatic carbocycles. The number of hydrogen-bond acceptors (Lipinski definition) is 5. The van der Waals surface area contributed by atoms with E-state index in [1.807, 2.05) is 0 Å². The van der Waals surface area contributed by atoms with Crippen LogP contribution in [0.3, 0.4) is 0 Å². The molecule has 0 bridgehead atoms. The van der Waals surface area contributed by atoms with E-state index >= 15 is 0 Å². The van der Waals surface area contributed by atoms with Crippen LogP contribution < -0.4 is 5.32 Å². The molecule has 1 aromatic heterocycles. The molecule has 0 unspecified atom stereocenters. The van der Waals surface area contributed by atoms with Crippen LogP contribution in [0.4, 0.5) is 0 Å². The van der Waals surface area contributed by atoms with Gasteiger partial charge < -0.3 is 24.3 Å². The number of rotatable bonds is 11. The lowest BCUT2D eigenvalue weighted by Crippen LogP contribution is -2.16. The standard InChI is InChI=1S/C13H21NO5/c1-17-8-9-18-6-3-2-5-14-10-11-4-7-19-12(11)13(15)16/h4,7,14H,2-3,5-6,8-10H2,1H3,(H,15,16). The molecule has 1 aromatic rings. The highest BCUT2D eigenvalue weighted by molar-refractivity contribution is 5.86. The van der Waals surface area contributed by atoms with Gasteiger partial charge in [0.25, 0.3) is 0 Å². The smallest absolute Gasteiger partial charge is 0.372 e. The Morgan fingerprint density at radius 1 is 1.37 bits per heavy atom. The molecule has 0 fully saturated rings. The quantitative estimate of drug-likeness (QED) is 0.594. The summed E-state index contributed by atoms with van der Waals surface area (Å²) in [6.45, 7) is 3.29. The first-order valence-electron chi connectivity index (χ1n) is 6.32. The van der Waals surface area contributed by atoms with E-state index in [0.29, 0.717) is 25.3 Å². The minimum atomic E-state index is -1.03. The van der Waals surface area contributed by atoms with Gasteiger partial charge in [0, 0.05) is 25.8 Å². The summed E-state index contributed by atoms with van der Waals surface area (Å²) in [6.07, 6.45) is 3.34. The van der Waals surface area contributed by atoms with Crippen LogP contribution in [0.2, 0.25) is 0 Å². The van der Waals surface area contributed by atoms with Crippen molar-refractivity contribution in [2.24, 2.45) is 0 Å². The van der Waals surface area contributed by atoms with E-state index < -0.39 is 5.97 Å². The van der Waals surface area contributed by atoms with Crippen molar-refractivity contribution in [1.29, 1.82) is 0 Å². The molecule has 19 heavy (non-hydrogen) atoms. The summed E-state index contributed by atoms with van der Waals surface area (Å²) in [5.41, 5.74) is 0.670. The van der Waals surface area contributed by atoms with Gasteiger partial charge >= 0.3 is 5.97 Å². The van der Waals surface area contributed by atoms with E-state index in [2.05, 4.69) is 5.32 Å². The summed E-state index contributed by atoms with van der Waals surface area (Å²) in [5.74, 6) is -1.02. The molecular formula is C13H21NO5. The maximum Gasteiger partial charge on any atom is 0.372 e. The van der Waals surface area contributed by atoms with Crippen LogP contribution in [0.25, 0.3) is 0 Å². The topological polar surface area (TPSA) is 80.9 Å². The van der Waals surface area contributed by atoms with Crippen LogP contribution in [0.5, 0.6) is 0 Å². The summed E-state index contributed by atoms with van der Waals surface area (Å²) in [7, 11) is 1.65. The van der Waals surface area contributed by atoms with Crippen LogP contribution in [0, 0.1) is 0 Å². The summed E-state index contributed by atoms with van der Waals surface area (Å²) in [5, 5.41) is 12.0. The highest BCUT2D eigenvalue weighted by Gasteiger charge is 2.12. The van der Waals surface area contributed by atoms with Gasteiger partial charge in [-0.25, -0.2) is 4.79 Å². The molecule has 2 N–H and O–H groups in total. The van der Waals surface area contributed by atoms with Crippen LogP contribution in [0.15, 0.2) is 16.7 Å². The lowest BCUT2D eigenvalue weighted by atomic mass is 10.2. The second kappa shape index (κ2) is 9.55. The maximum atomic E-state index is 10.8. The normalized spacial score (nSPS) is 10.8. The first kappa shape index (κ1) is 15.7. The molecule has 0 aliphatic rings. The van der Waals surface area contributed by atoms with E-state index in [9.17, 15) is 4.79 Å². The van der Waals surface area contributed by atoms with Gasteiger partial charge in [0.2, 0.25) is 5.76 Å². The highest BCUT2D eigenvalue weighted by Crippen LogP contribution is 2.09. The van der Waals surface area contributed by atoms with Gasteiger partial charge in [-0.3, -0.25) is 0 Å². The SMILES string of the molecule is COCCOCCCCNCc1ccoc1C(=O)O. The van der Waals surface area contributed by atoms with E-state index in [1.165, 1.54) is 6.26 Å². The molecule has 0 radical (unpaired) electrons. The fourth-order valence-corrected chi connectivity index (χ4v) is 1.58. The predicted octanol–water partition coefficient (Wildman–Crippen LogP) is 1.51. The summed E-state index contributed by atoms with van der Waals surface area (Å²) >= 11 is 0. The monoisotopic (exact) mass is 271 g/mol. The Labute approximate surface area is 112 Å². The molecule has 108 valence electrons. The van der Waals surface area contributed by atoms with Gasteiger partial charge in [-0.1, -0.05) is 0 Å². The molecule has 1 heterocycles. The van der Waals surface area contributed by atoms with Crippen molar-refractivity contribution in [3.8, 4) is 0 Å². The molecular weight excluding hydrogens is 250 g/mol. The zero-order valence-corrected chi connectivity index (χ0v) is 11.2. The highest BCUT2D eigenvalue weighted by atomic mass is 16.5. The van der Waals surface area contributed by atoms with Crippen LogP contribution in [-0.4, -0.2) is 44.6 Å². The summed E-state index contributed by atoms with van der Waals surface area (Å²) in [6, 6.07) is 1.67. The Morgan fingerprint density at radius 3 is 2.95 bits per heavy atom. The molecule has 0 aliphatic carbocycles. The molecule has 0 saturated carbocycles. The van der Waals surface area contributed by atoms with Gasteiger partial charge in [-0.15, -0.1) is 0 Å². The largest absolute Gasteiger partial charge is 0.475 e. The van der Waals surface area contributed by atoms with Crippen molar-refractivity contribution in [2.75, 3.05) is 33.5 Å². The van der Waals surface area contributed by atoms with E-state index in [4.69, 9.17) is 19.0 Å². The first-order valence-corrected chi connectivity index (χ1v) is 6.32. The molecule has 6 heteroatoms. The minimum absolute atomic E-state index is 0.00963. The second-order valence-corrected chi connectivity index (χ2v) is 4.07. The van der Waals surface area contributed by atoms with Gasteiger partial charge in [0.1, 0.15) is 0 Å². The number of methoxy groups -OCH3 is 1. The van der Waals surface area contributed by atoms with Crippen molar-refractivity contribution in [1.82, 2.24) is 5.32 Å². The number of carboxylic acids is 1. The lowest BCUT2D eigenvalue weighted by molar-refractivity contribution is 0.0660. The Bertz CT molecular complexity index is 364. The van der Waals surface area contributed by atoms with Gasteiger partial charge in [0.05, 0.1) is 19.5 Å². The first-order chi connectivity index (χ1) is 9.25. The molecule has 0 aliphatic heterocycles. The van der Waals surface area contributed by atoms with Crippen molar-refractivity contribution >= 4 is 5.97 Å². The van der Waals surface area contributed by atoms with E-state index in [-0.39, 0.29) is 5.76 Å². The van der Waals surface area contributed by atoms with Crippen molar-refractivity contribution in [3.05, 3.63) is 23.7 Å². The molecule has 0 spiro atoms. The molecule has 0 amide bonds. The molecule has 0 atom stereocenters. The third-order valence-electron chi connectivity index (χ3n) is 2.58. The Morgan fingerprint density at radius 2 is 2.21 bits per heavy atom. The van der Waals surface area contributed by atoms with E-state index in [0.717, 1.165) is 26.0 Å². The zero-order valence-electron chi connectivity index (χ0n) is 11.2. The number of carboxylic acid groups (broad SMARTS) is 1. The number of aromatic carboxylic acids is 1. The third-order valence-corrected chi connectivity index (χ3v) is 2.58. The van der Waals surface area contributed by atoms with Crippen LogP contribution >= 0.6 is 0 Å². The Balaban J connectivity index is 2.02. The molecule has 0 saturated heterocycles. The molecule has 6 nitrogen and oxygen atoms in total. The van der Waals surface area contributed by atoms with Crippen molar-refractivity contribution < 1.29 is 23.8 Å². The summed E-state index contributed by atoms with van der Waals surface area (Å²) in [4.78, 5) is 10.8. The van der Waals surface area contributed by atoms with E-state index in [1.54, 1.807) is 13.2 Å². The molecule has 1 rings (SSSR count). The number of ether oxygens (including phenoxy) is 2. The average molecular weight is 271 g/mol. The number of furan rings is 1. The fourth-order valence-electron chi connectivity index (χ4n) is 1.58.